The topological polar surface area (TPSA) is 35.0 Å². The van der Waals surface area contributed by atoms with Gasteiger partial charge in [0.25, 0.3) is 0 Å². The molecular formula is C16H15ClN2O. The van der Waals surface area contributed by atoms with Crippen LogP contribution in [0.3, 0.4) is 0 Å². The predicted molar refractivity (Wildman–Crippen MR) is 79.9 cm³/mol. The molecule has 20 heavy (non-hydrogen) atoms. The number of halogens is 1. The maximum Gasteiger partial charge on any atom is 0.151 e. The lowest BCUT2D eigenvalue weighted by Gasteiger charge is -2.04. The van der Waals surface area contributed by atoms with Crippen LogP contribution in [-0.4, -0.2) is 16.8 Å². The number of hydrogen-bond acceptors (Lipinski definition) is 3. The van der Waals surface area contributed by atoms with Crippen LogP contribution < -0.4 is 4.74 Å². The molecule has 1 heterocycles. The van der Waals surface area contributed by atoms with Crippen LogP contribution in [0, 0.1) is 11.8 Å². The van der Waals surface area contributed by atoms with E-state index in [4.69, 9.17) is 16.3 Å². The summed E-state index contributed by atoms with van der Waals surface area (Å²) in [5.41, 5.74) is 1.50. The summed E-state index contributed by atoms with van der Waals surface area (Å²) >= 11 is 5.66. The molecular weight excluding hydrogens is 272 g/mol. The van der Waals surface area contributed by atoms with Gasteiger partial charge >= 0.3 is 0 Å². The molecule has 4 heteroatoms. The number of unbranched alkanes of at least 4 members (excludes halogenated alkanes) is 1. The first-order valence-electron chi connectivity index (χ1n) is 6.52. The fraction of sp³-hybridized carbons (Fsp3) is 0.250. The molecule has 0 unspecified atom stereocenters. The smallest absolute Gasteiger partial charge is 0.151 e. The molecule has 3 nitrogen and oxygen atoms in total. The Bertz CT molecular complexity index is 597. The normalized spacial score (nSPS) is 9.70. The highest BCUT2D eigenvalue weighted by molar-refractivity contribution is 6.29. The van der Waals surface area contributed by atoms with Crippen molar-refractivity contribution in [2.45, 2.75) is 19.8 Å². The highest BCUT2D eigenvalue weighted by atomic mass is 35.5. The lowest BCUT2D eigenvalue weighted by molar-refractivity contribution is 0.309. The third-order valence-electron chi connectivity index (χ3n) is 2.59. The third-order valence-corrected chi connectivity index (χ3v) is 2.79. The fourth-order valence-corrected chi connectivity index (χ4v) is 1.59. The second-order valence-electron chi connectivity index (χ2n) is 4.22. The standard InChI is InChI=1S/C16H15ClN2O/c1-2-3-12-20-15-9-5-13(6-10-15)4-7-14-8-11-16(17)19-18-14/h5-6,8-11H,2-3,12H2,1H3. The zero-order valence-corrected chi connectivity index (χ0v) is 12.0. The lowest BCUT2D eigenvalue weighted by atomic mass is 10.2. The van der Waals surface area contributed by atoms with Gasteiger partial charge in [-0.25, -0.2) is 0 Å². The van der Waals surface area contributed by atoms with E-state index < -0.39 is 0 Å². The SMILES string of the molecule is CCCCOc1ccc(C#Cc2ccc(Cl)nn2)cc1. The summed E-state index contributed by atoms with van der Waals surface area (Å²) in [5.74, 6) is 6.83. The van der Waals surface area contributed by atoms with E-state index in [1.54, 1.807) is 12.1 Å². The van der Waals surface area contributed by atoms with E-state index in [1.165, 1.54) is 0 Å². The minimum Gasteiger partial charge on any atom is -0.494 e. The van der Waals surface area contributed by atoms with Crippen molar-refractivity contribution in [2.24, 2.45) is 0 Å². The van der Waals surface area contributed by atoms with Crippen molar-refractivity contribution < 1.29 is 4.74 Å². The lowest BCUT2D eigenvalue weighted by Crippen LogP contribution is -1.95. The summed E-state index contributed by atoms with van der Waals surface area (Å²) in [6.45, 7) is 2.89. The van der Waals surface area contributed by atoms with Gasteiger partial charge in [0.15, 0.2) is 5.15 Å². The van der Waals surface area contributed by atoms with E-state index in [0.717, 1.165) is 30.8 Å². The van der Waals surface area contributed by atoms with Crippen LogP contribution in [0.15, 0.2) is 36.4 Å². The number of benzene rings is 1. The molecule has 0 fully saturated rings. The minimum atomic E-state index is 0.365. The van der Waals surface area contributed by atoms with Crippen LogP contribution in [0.25, 0.3) is 0 Å². The van der Waals surface area contributed by atoms with Crippen molar-refractivity contribution in [3.05, 3.63) is 52.8 Å². The summed E-state index contributed by atoms with van der Waals surface area (Å²) in [4.78, 5) is 0. The Morgan fingerprint density at radius 1 is 1.05 bits per heavy atom. The van der Waals surface area contributed by atoms with Gasteiger partial charge in [-0.05, 0) is 48.7 Å². The quantitative estimate of drug-likeness (QED) is 0.635. The van der Waals surface area contributed by atoms with Crippen LogP contribution in [0.4, 0.5) is 0 Å². The summed E-state index contributed by atoms with van der Waals surface area (Å²) in [5, 5.41) is 7.99. The van der Waals surface area contributed by atoms with Crippen LogP contribution in [0.2, 0.25) is 5.15 Å². The number of nitrogens with zero attached hydrogens (tertiary/aromatic N) is 2. The van der Waals surface area contributed by atoms with Gasteiger partial charge in [0.05, 0.1) is 6.61 Å². The first-order chi connectivity index (χ1) is 9.78. The molecule has 102 valence electrons. The van der Waals surface area contributed by atoms with Gasteiger partial charge in [0, 0.05) is 5.56 Å². The second-order valence-corrected chi connectivity index (χ2v) is 4.60. The number of ether oxygens (including phenoxy) is 1. The van der Waals surface area contributed by atoms with Gasteiger partial charge in [-0.1, -0.05) is 30.9 Å². The zero-order valence-electron chi connectivity index (χ0n) is 11.3. The van der Waals surface area contributed by atoms with Crippen molar-refractivity contribution in [3.63, 3.8) is 0 Å². The van der Waals surface area contributed by atoms with E-state index in [-0.39, 0.29) is 0 Å². The molecule has 0 saturated carbocycles. The maximum absolute atomic E-state index is 5.66. The van der Waals surface area contributed by atoms with Crippen LogP contribution in [0.1, 0.15) is 31.0 Å². The Morgan fingerprint density at radius 3 is 2.50 bits per heavy atom. The maximum atomic E-state index is 5.66. The predicted octanol–water partition coefficient (Wildman–Crippen LogP) is 3.71. The number of rotatable bonds is 4. The van der Waals surface area contributed by atoms with Crippen LogP contribution in [0.5, 0.6) is 5.75 Å². The molecule has 0 aliphatic heterocycles. The molecule has 2 aromatic rings. The molecule has 0 saturated heterocycles. The second kappa shape index (κ2) is 7.52. The average molecular weight is 287 g/mol. The summed E-state index contributed by atoms with van der Waals surface area (Å²) < 4.78 is 5.59. The Morgan fingerprint density at radius 2 is 1.85 bits per heavy atom. The minimum absolute atomic E-state index is 0.365. The Labute approximate surface area is 124 Å². The van der Waals surface area contributed by atoms with Gasteiger partial charge in [-0.2, -0.15) is 0 Å². The average Bonchev–Trinajstić information content (AvgIpc) is 2.48. The van der Waals surface area contributed by atoms with Gasteiger partial charge in [0.2, 0.25) is 0 Å². The Hall–Kier alpha value is -2.05. The van der Waals surface area contributed by atoms with Crippen LogP contribution in [-0.2, 0) is 0 Å². The zero-order chi connectivity index (χ0) is 14.2. The molecule has 0 radical (unpaired) electrons. The van der Waals surface area contributed by atoms with Crippen molar-refractivity contribution >= 4 is 11.6 Å². The molecule has 1 aromatic carbocycles. The van der Waals surface area contributed by atoms with Gasteiger partial charge < -0.3 is 4.74 Å². The number of hydrogen-bond donors (Lipinski definition) is 0. The van der Waals surface area contributed by atoms with E-state index in [0.29, 0.717) is 10.8 Å². The van der Waals surface area contributed by atoms with Gasteiger partial charge in [-0.15, -0.1) is 10.2 Å². The third kappa shape index (κ3) is 4.56. The molecule has 0 bridgehead atoms. The summed E-state index contributed by atoms with van der Waals surface area (Å²) in [6.07, 6.45) is 2.20. The van der Waals surface area contributed by atoms with E-state index >= 15 is 0 Å². The highest BCUT2D eigenvalue weighted by Crippen LogP contribution is 2.12. The first kappa shape index (κ1) is 14.4. The van der Waals surface area contributed by atoms with E-state index in [1.807, 2.05) is 24.3 Å². The van der Waals surface area contributed by atoms with Crippen molar-refractivity contribution in [1.29, 1.82) is 0 Å². The van der Waals surface area contributed by atoms with Gasteiger partial charge in [0.1, 0.15) is 11.4 Å². The monoisotopic (exact) mass is 286 g/mol. The van der Waals surface area contributed by atoms with Crippen molar-refractivity contribution in [2.75, 3.05) is 6.61 Å². The molecule has 0 atom stereocenters. The molecule has 0 N–H and O–H groups in total. The molecule has 0 aliphatic carbocycles. The summed E-state index contributed by atoms with van der Waals surface area (Å²) in [6, 6.07) is 11.1. The Balaban J connectivity index is 1.98. The Kier molecular flexibility index (Phi) is 5.40. The van der Waals surface area contributed by atoms with Crippen molar-refractivity contribution in [3.8, 4) is 17.6 Å². The molecule has 0 amide bonds. The van der Waals surface area contributed by atoms with Crippen LogP contribution >= 0.6 is 11.6 Å². The summed E-state index contributed by atoms with van der Waals surface area (Å²) in [7, 11) is 0. The largest absolute Gasteiger partial charge is 0.494 e. The molecule has 1 aromatic heterocycles. The number of aromatic nitrogens is 2. The van der Waals surface area contributed by atoms with E-state index in [2.05, 4.69) is 29.0 Å². The van der Waals surface area contributed by atoms with Crippen molar-refractivity contribution in [1.82, 2.24) is 10.2 Å². The fourth-order valence-electron chi connectivity index (χ4n) is 1.49. The highest BCUT2D eigenvalue weighted by Gasteiger charge is 1.94. The molecule has 0 aliphatic rings. The molecule has 0 spiro atoms. The first-order valence-corrected chi connectivity index (χ1v) is 6.90. The molecule has 2 rings (SSSR count). The van der Waals surface area contributed by atoms with E-state index in [9.17, 15) is 0 Å². The van der Waals surface area contributed by atoms with Gasteiger partial charge in [-0.3, -0.25) is 0 Å².